The van der Waals surface area contributed by atoms with Gasteiger partial charge in [-0.15, -0.1) is 0 Å². The van der Waals surface area contributed by atoms with E-state index in [1.54, 1.807) is 0 Å². The van der Waals surface area contributed by atoms with Gasteiger partial charge in [0.15, 0.2) is 0 Å². The highest BCUT2D eigenvalue weighted by Crippen LogP contribution is 2.23. The first-order valence-corrected chi connectivity index (χ1v) is 6.48. The number of ether oxygens (including phenoxy) is 1. The van der Waals surface area contributed by atoms with E-state index in [-0.39, 0.29) is 11.9 Å². The lowest BCUT2D eigenvalue weighted by Crippen LogP contribution is -2.10. The Hall–Kier alpha value is -2.36. The van der Waals surface area contributed by atoms with Crippen molar-refractivity contribution in [3.8, 4) is 11.3 Å². The molecule has 0 aliphatic carbocycles. The van der Waals surface area contributed by atoms with E-state index in [2.05, 4.69) is 10.3 Å². The minimum Gasteiger partial charge on any atom is -0.469 e. The van der Waals surface area contributed by atoms with Crippen LogP contribution in [0.3, 0.4) is 0 Å². The molecule has 0 fully saturated rings. The molecule has 0 bridgehead atoms. The number of aromatic nitrogens is 1. The maximum Gasteiger partial charge on any atom is 0.312 e. The van der Waals surface area contributed by atoms with Gasteiger partial charge < -0.3 is 10.1 Å². The van der Waals surface area contributed by atoms with Crippen molar-refractivity contribution in [3.63, 3.8) is 0 Å². The fraction of sp³-hybridized carbons (Fsp3) is 0.250. The molecular formula is C16H18N2O2. The molecule has 1 N–H and O–H groups in total. The van der Waals surface area contributed by atoms with Crippen LogP contribution in [0.4, 0.5) is 5.82 Å². The summed E-state index contributed by atoms with van der Waals surface area (Å²) in [5.41, 5.74) is 2.85. The summed E-state index contributed by atoms with van der Waals surface area (Å²) in [4.78, 5) is 16.0. The number of carbonyl (C=O) groups excluding carboxylic acids is 1. The van der Waals surface area contributed by atoms with Crippen LogP contribution in [0.5, 0.6) is 0 Å². The van der Waals surface area contributed by atoms with Crippen LogP contribution in [0.1, 0.15) is 18.4 Å². The Morgan fingerprint density at radius 1 is 1.20 bits per heavy atom. The molecule has 0 aliphatic heterocycles. The van der Waals surface area contributed by atoms with E-state index in [0.29, 0.717) is 0 Å². The number of nitrogens with one attached hydrogen (secondary N) is 1. The number of hydrogen-bond acceptors (Lipinski definition) is 4. The highest BCUT2D eigenvalue weighted by atomic mass is 16.5. The van der Waals surface area contributed by atoms with Crippen molar-refractivity contribution < 1.29 is 9.53 Å². The van der Waals surface area contributed by atoms with Crippen LogP contribution in [0, 0.1) is 0 Å². The van der Waals surface area contributed by atoms with Crippen molar-refractivity contribution in [2.45, 2.75) is 12.8 Å². The second-order valence-electron chi connectivity index (χ2n) is 4.52. The molecule has 0 aliphatic rings. The monoisotopic (exact) mass is 270 g/mol. The molecule has 1 unspecified atom stereocenters. The number of rotatable bonds is 4. The van der Waals surface area contributed by atoms with Crippen molar-refractivity contribution in [1.29, 1.82) is 0 Å². The second kappa shape index (κ2) is 6.19. The molecule has 1 heterocycles. The molecule has 2 aromatic rings. The van der Waals surface area contributed by atoms with E-state index in [4.69, 9.17) is 4.74 Å². The van der Waals surface area contributed by atoms with Crippen molar-refractivity contribution in [3.05, 3.63) is 48.0 Å². The molecule has 2 rings (SSSR count). The fourth-order valence-corrected chi connectivity index (χ4v) is 1.99. The van der Waals surface area contributed by atoms with Crippen LogP contribution in [0.2, 0.25) is 0 Å². The van der Waals surface area contributed by atoms with Crippen LogP contribution in [0.25, 0.3) is 11.3 Å². The van der Waals surface area contributed by atoms with E-state index in [9.17, 15) is 4.79 Å². The number of pyridine rings is 1. The number of benzene rings is 1. The van der Waals surface area contributed by atoms with Gasteiger partial charge in [0.2, 0.25) is 0 Å². The lowest BCUT2D eigenvalue weighted by Gasteiger charge is -2.10. The third-order valence-corrected chi connectivity index (χ3v) is 3.27. The predicted octanol–water partition coefficient (Wildman–Crippen LogP) is 3.07. The maximum absolute atomic E-state index is 11.5. The van der Waals surface area contributed by atoms with Gasteiger partial charge in [-0.3, -0.25) is 4.79 Å². The van der Waals surface area contributed by atoms with Gasteiger partial charge in [-0.1, -0.05) is 30.3 Å². The number of anilines is 1. The summed E-state index contributed by atoms with van der Waals surface area (Å²) in [5, 5.41) is 3.02. The summed E-state index contributed by atoms with van der Waals surface area (Å²) in [6, 6.07) is 13.6. The van der Waals surface area contributed by atoms with Gasteiger partial charge in [0, 0.05) is 12.6 Å². The number of carbonyl (C=O) groups is 1. The van der Waals surface area contributed by atoms with E-state index < -0.39 is 0 Å². The molecule has 0 saturated heterocycles. The molecule has 1 aromatic carbocycles. The normalized spacial score (nSPS) is 11.8. The van der Waals surface area contributed by atoms with Gasteiger partial charge in [0.25, 0.3) is 0 Å². The van der Waals surface area contributed by atoms with E-state index in [0.717, 1.165) is 22.6 Å². The molecular weight excluding hydrogens is 252 g/mol. The smallest absolute Gasteiger partial charge is 0.312 e. The summed E-state index contributed by atoms with van der Waals surface area (Å²) >= 11 is 0. The minimum atomic E-state index is -0.259. The van der Waals surface area contributed by atoms with Crippen LogP contribution >= 0.6 is 0 Å². The Labute approximate surface area is 118 Å². The lowest BCUT2D eigenvalue weighted by molar-refractivity contribution is -0.141. The number of esters is 1. The third kappa shape index (κ3) is 2.96. The van der Waals surface area contributed by atoms with E-state index in [1.807, 2.05) is 56.4 Å². The van der Waals surface area contributed by atoms with Crippen LogP contribution in [0.15, 0.2) is 42.5 Å². The van der Waals surface area contributed by atoms with Gasteiger partial charge in [0.05, 0.1) is 18.7 Å². The van der Waals surface area contributed by atoms with Gasteiger partial charge in [0.1, 0.15) is 5.82 Å². The summed E-state index contributed by atoms with van der Waals surface area (Å²) < 4.78 is 4.75. The Morgan fingerprint density at radius 2 is 1.90 bits per heavy atom. The molecule has 104 valence electrons. The maximum atomic E-state index is 11.5. The topological polar surface area (TPSA) is 51.2 Å². The van der Waals surface area contributed by atoms with Crippen molar-refractivity contribution in [2.24, 2.45) is 0 Å². The first-order chi connectivity index (χ1) is 9.65. The second-order valence-corrected chi connectivity index (χ2v) is 4.52. The zero-order valence-corrected chi connectivity index (χ0v) is 11.9. The first-order valence-electron chi connectivity index (χ1n) is 6.48. The number of hydrogen-bond donors (Lipinski definition) is 1. The Kier molecular flexibility index (Phi) is 4.35. The molecule has 0 radical (unpaired) electrons. The molecule has 20 heavy (non-hydrogen) atoms. The molecule has 0 saturated carbocycles. The predicted molar refractivity (Wildman–Crippen MR) is 79.7 cm³/mol. The number of methoxy groups -OCH3 is 1. The zero-order valence-electron chi connectivity index (χ0n) is 11.9. The van der Waals surface area contributed by atoms with Crippen molar-refractivity contribution >= 4 is 11.8 Å². The SMILES string of the molecule is CNc1cccc(-c2ccc(C(C)C(=O)OC)cc2)n1. The van der Waals surface area contributed by atoms with E-state index >= 15 is 0 Å². The van der Waals surface area contributed by atoms with Crippen molar-refractivity contribution in [1.82, 2.24) is 4.98 Å². The van der Waals surface area contributed by atoms with Gasteiger partial charge >= 0.3 is 5.97 Å². The zero-order chi connectivity index (χ0) is 14.5. The highest BCUT2D eigenvalue weighted by molar-refractivity contribution is 5.77. The lowest BCUT2D eigenvalue weighted by atomic mass is 9.99. The number of nitrogens with zero attached hydrogens (tertiary/aromatic N) is 1. The minimum absolute atomic E-state index is 0.229. The third-order valence-electron chi connectivity index (χ3n) is 3.27. The van der Waals surface area contributed by atoms with Crippen molar-refractivity contribution in [2.75, 3.05) is 19.5 Å². The average Bonchev–Trinajstić information content (AvgIpc) is 2.53. The van der Waals surface area contributed by atoms with Gasteiger partial charge in [-0.2, -0.15) is 0 Å². The standard InChI is InChI=1S/C16H18N2O2/c1-11(16(19)20-3)12-7-9-13(10-8-12)14-5-4-6-15(17-2)18-14/h4-11H,1-3H3,(H,17,18). The largest absolute Gasteiger partial charge is 0.469 e. The molecule has 1 atom stereocenters. The quantitative estimate of drug-likeness (QED) is 0.867. The molecule has 0 spiro atoms. The van der Waals surface area contributed by atoms with Crippen LogP contribution in [-0.2, 0) is 9.53 Å². The van der Waals surface area contributed by atoms with Gasteiger partial charge in [-0.25, -0.2) is 4.98 Å². The van der Waals surface area contributed by atoms with Crippen LogP contribution in [-0.4, -0.2) is 25.1 Å². The van der Waals surface area contributed by atoms with Crippen LogP contribution < -0.4 is 5.32 Å². The highest BCUT2D eigenvalue weighted by Gasteiger charge is 2.15. The molecule has 0 amide bonds. The van der Waals surface area contributed by atoms with Gasteiger partial charge in [-0.05, 0) is 24.6 Å². The average molecular weight is 270 g/mol. The summed E-state index contributed by atoms with van der Waals surface area (Å²) in [5.74, 6) is 0.341. The molecule has 4 heteroatoms. The first kappa shape index (κ1) is 14.1. The molecule has 1 aromatic heterocycles. The molecule has 4 nitrogen and oxygen atoms in total. The Balaban J connectivity index is 2.25. The summed E-state index contributed by atoms with van der Waals surface area (Å²) in [7, 11) is 3.24. The fourth-order valence-electron chi connectivity index (χ4n) is 1.99. The Bertz CT molecular complexity index is 594. The summed E-state index contributed by atoms with van der Waals surface area (Å²) in [6.45, 7) is 1.83. The summed E-state index contributed by atoms with van der Waals surface area (Å²) in [6.07, 6.45) is 0. The Morgan fingerprint density at radius 3 is 2.50 bits per heavy atom. The van der Waals surface area contributed by atoms with E-state index in [1.165, 1.54) is 7.11 Å².